The number of pyridine rings is 1. The molecule has 0 radical (unpaired) electrons. The number of halogens is 1. The van der Waals surface area contributed by atoms with Gasteiger partial charge in [-0.3, -0.25) is 9.59 Å². The molecule has 46 heavy (non-hydrogen) atoms. The SMILES string of the molecule is CC(C)(NC(=O)c1cccc(-c2cc3c(C(N)=O)c(-c4ccc(F)cc4)nn3cc2CN(CCO)S(C)(=O)=O)c1)c1ccccc1. The zero-order chi connectivity index (χ0) is 33.2. The fraction of sp³-hybridized carbons (Fsp3) is 0.206. The van der Waals surface area contributed by atoms with Gasteiger partial charge in [0.25, 0.3) is 11.8 Å². The number of aliphatic hydroxyl groups is 1. The van der Waals surface area contributed by atoms with Crippen LogP contribution in [0.3, 0.4) is 0 Å². The maximum atomic E-state index is 13.7. The van der Waals surface area contributed by atoms with Crippen LogP contribution < -0.4 is 11.1 Å². The van der Waals surface area contributed by atoms with Crippen LogP contribution in [0.5, 0.6) is 0 Å². The molecule has 0 spiro atoms. The summed E-state index contributed by atoms with van der Waals surface area (Å²) in [7, 11) is -3.74. The number of sulfonamides is 1. The van der Waals surface area contributed by atoms with E-state index in [2.05, 4.69) is 10.4 Å². The van der Waals surface area contributed by atoms with Crippen LogP contribution in [0.15, 0.2) is 91.1 Å². The van der Waals surface area contributed by atoms with Gasteiger partial charge in [-0.25, -0.2) is 17.3 Å². The van der Waals surface area contributed by atoms with Crippen LogP contribution in [-0.2, 0) is 22.1 Å². The molecule has 0 saturated carbocycles. The van der Waals surface area contributed by atoms with E-state index < -0.39 is 33.9 Å². The predicted molar refractivity (Wildman–Crippen MR) is 174 cm³/mol. The number of rotatable bonds is 11. The van der Waals surface area contributed by atoms with E-state index in [4.69, 9.17) is 5.73 Å². The smallest absolute Gasteiger partial charge is 0.253 e. The number of carbonyl (C=O) groups is 2. The maximum Gasteiger partial charge on any atom is 0.253 e. The Kier molecular flexibility index (Phi) is 9.06. The van der Waals surface area contributed by atoms with E-state index in [-0.39, 0.29) is 30.3 Å². The molecule has 0 atom stereocenters. The zero-order valence-corrected chi connectivity index (χ0v) is 26.4. The summed E-state index contributed by atoms with van der Waals surface area (Å²) in [5, 5.41) is 17.3. The molecule has 238 valence electrons. The summed E-state index contributed by atoms with van der Waals surface area (Å²) >= 11 is 0. The minimum atomic E-state index is -3.74. The second kappa shape index (κ2) is 12.8. The zero-order valence-electron chi connectivity index (χ0n) is 25.6. The third-order valence-electron chi connectivity index (χ3n) is 7.74. The van der Waals surface area contributed by atoms with Crippen LogP contribution in [0, 0.1) is 5.82 Å². The van der Waals surface area contributed by atoms with E-state index in [1.54, 1.807) is 36.5 Å². The molecule has 0 unspecified atom stereocenters. The standard InChI is InChI=1S/C34H34FN5O5S/c1-34(2,26-10-5-4-6-11-26)37-33(43)24-9-7-8-23(18-24)28-19-29-30(32(36)42)31(22-12-14-27(35)15-13-22)38-40(29)21-25(28)20-39(16-17-41)46(3,44)45/h4-15,18-19,21,41H,16-17,20H2,1-3H3,(H2,36,42)(H,37,43). The van der Waals surface area contributed by atoms with E-state index >= 15 is 0 Å². The monoisotopic (exact) mass is 643 g/mol. The van der Waals surface area contributed by atoms with Gasteiger partial charge in [-0.1, -0.05) is 42.5 Å². The highest BCUT2D eigenvalue weighted by Crippen LogP contribution is 2.33. The van der Waals surface area contributed by atoms with E-state index in [0.29, 0.717) is 33.3 Å². The number of hydrogen-bond acceptors (Lipinski definition) is 6. The molecular formula is C34H34FN5O5S. The molecule has 0 aliphatic rings. The topological polar surface area (TPSA) is 147 Å². The molecule has 0 aliphatic heterocycles. The van der Waals surface area contributed by atoms with E-state index in [1.807, 2.05) is 44.2 Å². The second-order valence-electron chi connectivity index (χ2n) is 11.5. The van der Waals surface area contributed by atoms with Gasteiger partial charge in [0, 0.05) is 30.4 Å². The number of benzene rings is 3. The quantitative estimate of drug-likeness (QED) is 0.195. The van der Waals surface area contributed by atoms with Crippen molar-refractivity contribution in [1.82, 2.24) is 19.2 Å². The van der Waals surface area contributed by atoms with Crippen molar-refractivity contribution >= 4 is 27.4 Å². The summed E-state index contributed by atoms with van der Waals surface area (Å²) in [6.45, 7) is 3.11. The Labute approximate surface area is 266 Å². The average molecular weight is 644 g/mol. The molecule has 5 aromatic rings. The van der Waals surface area contributed by atoms with Crippen molar-refractivity contribution in [3.05, 3.63) is 119 Å². The van der Waals surface area contributed by atoms with Crippen LogP contribution >= 0.6 is 0 Å². The molecule has 2 aromatic heterocycles. The van der Waals surface area contributed by atoms with Crippen molar-refractivity contribution in [2.75, 3.05) is 19.4 Å². The molecule has 2 heterocycles. The highest BCUT2D eigenvalue weighted by Gasteiger charge is 2.26. The first-order chi connectivity index (χ1) is 21.8. The highest BCUT2D eigenvalue weighted by molar-refractivity contribution is 7.88. The van der Waals surface area contributed by atoms with Gasteiger partial charge in [0.1, 0.15) is 11.5 Å². The third-order valence-corrected chi connectivity index (χ3v) is 8.99. The fourth-order valence-corrected chi connectivity index (χ4v) is 6.14. The van der Waals surface area contributed by atoms with Gasteiger partial charge >= 0.3 is 0 Å². The van der Waals surface area contributed by atoms with Crippen LogP contribution in [0.25, 0.3) is 27.9 Å². The highest BCUT2D eigenvalue weighted by atomic mass is 32.2. The maximum absolute atomic E-state index is 13.7. The van der Waals surface area contributed by atoms with E-state index in [1.165, 1.54) is 28.8 Å². The Hall–Kier alpha value is -4.91. The number of nitrogens with one attached hydrogen (secondary N) is 1. The Morgan fingerprint density at radius 2 is 1.70 bits per heavy atom. The number of aliphatic hydroxyl groups excluding tert-OH is 1. The number of fused-ring (bicyclic) bond motifs is 1. The first-order valence-corrected chi connectivity index (χ1v) is 16.3. The minimum Gasteiger partial charge on any atom is -0.395 e. The molecule has 0 fully saturated rings. The van der Waals surface area contributed by atoms with Gasteiger partial charge in [0.2, 0.25) is 10.0 Å². The largest absolute Gasteiger partial charge is 0.395 e. The Balaban J connectivity index is 1.66. The molecule has 5 rings (SSSR count). The number of hydrogen-bond donors (Lipinski definition) is 3. The molecule has 3 aromatic carbocycles. The Morgan fingerprint density at radius 1 is 1.00 bits per heavy atom. The molecule has 0 aliphatic carbocycles. The van der Waals surface area contributed by atoms with Crippen molar-refractivity contribution in [1.29, 1.82) is 0 Å². The third kappa shape index (κ3) is 6.84. The van der Waals surface area contributed by atoms with Crippen LogP contribution in [0.1, 0.15) is 45.7 Å². The van der Waals surface area contributed by atoms with Crippen LogP contribution in [0.4, 0.5) is 4.39 Å². The number of nitrogens with zero attached hydrogens (tertiary/aromatic N) is 3. The van der Waals surface area contributed by atoms with Gasteiger partial charge in [0.15, 0.2) is 0 Å². The van der Waals surface area contributed by atoms with Crippen LogP contribution in [-0.4, -0.2) is 58.7 Å². The number of nitrogens with two attached hydrogens (primary N) is 1. The summed E-state index contributed by atoms with van der Waals surface area (Å²) in [6, 6.07) is 23.5. The summed E-state index contributed by atoms with van der Waals surface area (Å²) in [5.41, 5.74) is 9.12. The van der Waals surface area contributed by atoms with Crippen molar-refractivity contribution in [3.8, 4) is 22.4 Å². The molecule has 0 bridgehead atoms. The lowest BCUT2D eigenvalue weighted by atomic mass is 9.93. The lowest BCUT2D eigenvalue weighted by molar-refractivity contribution is 0.0911. The van der Waals surface area contributed by atoms with Crippen molar-refractivity contribution < 1.29 is 27.5 Å². The van der Waals surface area contributed by atoms with E-state index in [0.717, 1.165) is 16.1 Å². The Morgan fingerprint density at radius 3 is 2.33 bits per heavy atom. The number of carbonyl (C=O) groups excluding carboxylic acids is 2. The van der Waals surface area contributed by atoms with Crippen LogP contribution in [0.2, 0.25) is 0 Å². The lowest BCUT2D eigenvalue weighted by Gasteiger charge is -2.27. The first kappa shape index (κ1) is 32.5. The summed E-state index contributed by atoms with van der Waals surface area (Å²) in [5.74, 6) is -1.54. The second-order valence-corrected chi connectivity index (χ2v) is 13.5. The number of amides is 2. The Bertz CT molecular complexity index is 2030. The first-order valence-electron chi connectivity index (χ1n) is 14.4. The normalized spacial score (nSPS) is 12.0. The van der Waals surface area contributed by atoms with Gasteiger partial charge in [-0.05, 0) is 78.6 Å². The van der Waals surface area contributed by atoms with Gasteiger partial charge < -0.3 is 16.2 Å². The van der Waals surface area contributed by atoms with E-state index in [9.17, 15) is 27.5 Å². The molecule has 12 heteroatoms. The summed E-state index contributed by atoms with van der Waals surface area (Å²) < 4.78 is 41.5. The minimum absolute atomic E-state index is 0.0910. The molecule has 4 N–H and O–H groups in total. The molecule has 0 saturated heterocycles. The lowest BCUT2D eigenvalue weighted by Crippen LogP contribution is -2.40. The number of primary amides is 1. The average Bonchev–Trinajstić information content (AvgIpc) is 3.39. The van der Waals surface area contributed by atoms with Gasteiger partial charge in [0.05, 0.1) is 29.5 Å². The molecular weight excluding hydrogens is 609 g/mol. The summed E-state index contributed by atoms with van der Waals surface area (Å²) in [4.78, 5) is 26.3. The van der Waals surface area contributed by atoms with Crippen molar-refractivity contribution in [2.24, 2.45) is 5.73 Å². The molecule has 2 amide bonds. The van der Waals surface area contributed by atoms with Gasteiger partial charge in [-0.2, -0.15) is 9.40 Å². The number of aromatic nitrogens is 2. The molecule has 10 nitrogen and oxygen atoms in total. The van der Waals surface area contributed by atoms with Crippen molar-refractivity contribution in [3.63, 3.8) is 0 Å². The van der Waals surface area contributed by atoms with Crippen molar-refractivity contribution in [2.45, 2.75) is 25.9 Å². The summed E-state index contributed by atoms with van der Waals surface area (Å²) in [6.07, 6.45) is 2.64. The fourth-order valence-electron chi connectivity index (χ4n) is 5.35. The van der Waals surface area contributed by atoms with Gasteiger partial charge in [-0.15, -0.1) is 0 Å². The predicted octanol–water partition coefficient (Wildman–Crippen LogP) is 4.33.